The van der Waals surface area contributed by atoms with Crippen LogP contribution in [0.2, 0.25) is 0 Å². The van der Waals surface area contributed by atoms with E-state index in [1.807, 2.05) is 4.90 Å². The van der Waals surface area contributed by atoms with Gasteiger partial charge in [-0.25, -0.2) is 33.8 Å². The smallest absolute Gasteiger partial charge is 0.410 e. The van der Waals surface area contributed by atoms with Crippen LogP contribution in [0.25, 0.3) is 0 Å². The number of aliphatic hydroxyl groups excluding tert-OH is 4. The van der Waals surface area contributed by atoms with Crippen LogP contribution in [0, 0.1) is 5.92 Å². The fourth-order valence-corrected chi connectivity index (χ4v) is 9.22. The standard InChI is InChI=1S/C59H104N14O26.CH4/c1-39-42(66-56(60)61)33-46(54(80)81)96-50(39)51(44(77)36-74)98-58(84)70(4)9-16-88-18-11-72(12-19-89-17-10-71(5)59(85)99-52(45(78)37-75)53-49(65-40(2)76)43(67-57(62)63)34-47(97-53)55(82)83)8-6-14-86-21-24-91-29-30-94-31-32-95-38-41-35-73(69-68-41)13-20-90-23-26-93-28-27-92-25-22-87-15-7-48(79)64-3;/h33-35,39,42-45,49-53,74-75,77-78H,6-32,36-38H2,1-5H3,(H,64,79)(H,65,76)(H,80,81)(H,82,83)(H4,60,61,66)(H4,62,63,67);1H4/t39-,42+,43+,44-,45-,49-,50-,51-,52-,53-;/m1./s1. The second-order valence-electron chi connectivity index (χ2n) is 22.2. The van der Waals surface area contributed by atoms with Gasteiger partial charge in [0.15, 0.2) is 30.2 Å². The summed E-state index contributed by atoms with van der Waals surface area (Å²) in [5, 5.41) is 74.2. The summed E-state index contributed by atoms with van der Waals surface area (Å²) >= 11 is 0. The van der Waals surface area contributed by atoms with E-state index in [0.29, 0.717) is 144 Å². The average Bonchev–Trinajstić information content (AvgIpc) is 0.956. The van der Waals surface area contributed by atoms with E-state index in [0.717, 1.165) is 22.8 Å². The number of ether oxygens (including phenoxy) is 14. The third kappa shape index (κ3) is 36.3. The minimum atomic E-state index is -1.83. The van der Waals surface area contributed by atoms with Crippen molar-refractivity contribution in [3.8, 4) is 0 Å². The summed E-state index contributed by atoms with van der Waals surface area (Å²) in [6.45, 7) is 8.87. The molecule has 40 nitrogen and oxygen atoms in total. The van der Waals surface area contributed by atoms with Gasteiger partial charge in [0.05, 0.1) is 170 Å². The first-order valence-corrected chi connectivity index (χ1v) is 32.2. The number of amides is 4. The van der Waals surface area contributed by atoms with E-state index >= 15 is 0 Å². The number of carbonyl (C=O) groups is 6. The number of hydrogen-bond donors (Lipinski definition) is 12. The van der Waals surface area contributed by atoms with Gasteiger partial charge in [0.2, 0.25) is 23.3 Å². The van der Waals surface area contributed by atoms with Crippen molar-refractivity contribution in [2.75, 3.05) is 193 Å². The van der Waals surface area contributed by atoms with Crippen molar-refractivity contribution in [1.29, 1.82) is 0 Å². The number of aliphatic hydroxyl groups is 4. The van der Waals surface area contributed by atoms with Gasteiger partial charge in [0.1, 0.15) is 24.0 Å². The Kier molecular flexibility index (Phi) is 45.8. The number of aromatic nitrogens is 3. The molecular formula is C60H108N14O26. The van der Waals surface area contributed by atoms with Crippen LogP contribution < -0.4 is 33.6 Å². The SMILES string of the molecule is C.CNC(=O)CCOCCOCCOCCOCCn1cc(COCCOCCOCCOCCCN(CCOCCN(C)C(=O)O[C@@H]([C@@H]2OC(C(=O)O)=C[C@H](N=C(N)N)[C@H]2C)[C@H](O)CO)CCOCCN(C)C(=O)O[C@@H]([C@@H]2OC(C(=O)O)=C[C@H](N=C(N)N)[C@H]2NC(C)=O)[C@H](O)CO)nn1. The van der Waals surface area contributed by atoms with Gasteiger partial charge in [-0.15, -0.1) is 5.10 Å². The van der Waals surface area contributed by atoms with Crippen molar-refractivity contribution < 1.29 is 126 Å². The Hall–Kier alpha value is -7.42. The summed E-state index contributed by atoms with van der Waals surface area (Å²) in [5.74, 6) is -6.49. The lowest BCUT2D eigenvalue weighted by Crippen LogP contribution is -2.61. The number of nitrogens with zero attached hydrogens (tertiary/aromatic N) is 8. The van der Waals surface area contributed by atoms with Crippen LogP contribution in [0.15, 0.2) is 39.9 Å². The van der Waals surface area contributed by atoms with E-state index in [9.17, 15) is 59.4 Å². The van der Waals surface area contributed by atoms with Gasteiger partial charge < -0.3 is 140 Å². The second-order valence-corrected chi connectivity index (χ2v) is 22.2. The maximum absolute atomic E-state index is 13.5. The van der Waals surface area contributed by atoms with E-state index in [1.165, 1.54) is 20.2 Å². The zero-order valence-electron chi connectivity index (χ0n) is 57.0. The molecule has 0 radical (unpaired) electrons. The molecule has 10 atom stereocenters. The predicted octanol–water partition coefficient (Wildman–Crippen LogP) is -4.85. The van der Waals surface area contributed by atoms with Gasteiger partial charge in [-0.3, -0.25) is 14.5 Å². The number of carboxylic acids is 2. The van der Waals surface area contributed by atoms with Crippen molar-refractivity contribution in [1.82, 2.24) is 40.3 Å². The Labute approximate surface area is 581 Å². The molecule has 0 unspecified atom stereocenters. The van der Waals surface area contributed by atoms with Crippen LogP contribution in [0.5, 0.6) is 0 Å². The van der Waals surface area contributed by atoms with Crippen molar-refractivity contribution in [2.45, 2.75) is 102 Å². The zero-order valence-corrected chi connectivity index (χ0v) is 57.0. The van der Waals surface area contributed by atoms with Gasteiger partial charge >= 0.3 is 24.1 Å². The molecule has 3 heterocycles. The highest BCUT2D eigenvalue weighted by Crippen LogP contribution is 2.31. The van der Waals surface area contributed by atoms with E-state index in [4.69, 9.17) is 89.3 Å². The summed E-state index contributed by atoms with van der Waals surface area (Å²) in [7, 11) is 4.35. The molecule has 16 N–H and O–H groups in total. The molecule has 100 heavy (non-hydrogen) atoms. The summed E-state index contributed by atoms with van der Waals surface area (Å²) in [4.78, 5) is 86.5. The van der Waals surface area contributed by atoms with E-state index in [2.05, 4.69) is 30.9 Å². The summed E-state index contributed by atoms with van der Waals surface area (Å²) in [6, 6.07) is -3.46. The molecule has 0 aliphatic carbocycles. The highest BCUT2D eigenvalue weighted by molar-refractivity contribution is 5.86. The van der Waals surface area contributed by atoms with Gasteiger partial charge in [-0.2, -0.15) is 0 Å². The van der Waals surface area contributed by atoms with E-state index in [1.54, 1.807) is 24.9 Å². The molecule has 40 heteroatoms. The molecule has 0 fully saturated rings. The number of rotatable bonds is 55. The number of carbonyl (C=O) groups excluding carboxylic acids is 4. The Morgan fingerprint density at radius 1 is 0.600 bits per heavy atom. The Balaban J connectivity index is 0.0000340. The largest absolute Gasteiger partial charge is 0.479 e. The highest BCUT2D eigenvalue weighted by Gasteiger charge is 2.47. The Morgan fingerprint density at radius 2 is 1.02 bits per heavy atom. The summed E-state index contributed by atoms with van der Waals surface area (Å²) < 4.78 is 80.5. The normalized spacial score (nSPS) is 18.5. The van der Waals surface area contributed by atoms with Crippen LogP contribution in [0.4, 0.5) is 9.59 Å². The number of guanidine groups is 2. The van der Waals surface area contributed by atoms with Crippen LogP contribution in [0.1, 0.15) is 39.8 Å². The molecule has 1 aromatic heterocycles. The summed E-state index contributed by atoms with van der Waals surface area (Å²) in [6.07, 6.45) is -6.83. The first-order valence-electron chi connectivity index (χ1n) is 32.2. The van der Waals surface area contributed by atoms with Crippen LogP contribution in [0.3, 0.4) is 0 Å². The lowest BCUT2D eigenvalue weighted by Gasteiger charge is -2.40. The molecule has 2 aliphatic rings. The molecule has 3 rings (SSSR count). The number of hydrogen-bond acceptors (Lipinski definition) is 29. The molecule has 0 saturated heterocycles. The first-order chi connectivity index (χ1) is 47.5. The molecular weight excluding hydrogens is 1330 g/mol. The fraction of sp³-hybridized carbons (Fsp3) is 0.767. The molecule has 574 valence electrons. The van der Waals surface area contributed by atoms with Crippen molar-refractivity contribution in [2.24, 2.45) is 38.8 Å². The molecule has 4 amide bonds. The number of carboxylic acid groups (broad SMARTS) is 2. The topological polar surface area (TPSA) is 546 Å². The van der Waals surface area contributed by atoms with Gasteiger partial charge in [0, 0.05) is 79.7 Å². The zero-order chi connectivity index (χ0) is 72.9. The predicted molar refractivity (Wildman–Crippen MR) is 353 cm³/mol. The monoisotopic (exact) mass is 1440 g/mol. The van der Waals surface area contributed by atoms with Gasteiger partial charge in [-0.05, 0) is 18.6 Å². The third-order valence-electron chi connectivity index (χ3n) is 14.5. The van der Waals surface area contributed by atoms with Crippen molar-refractivity contribution in [3.05, 3.63) is 35.6 Å². The lowest BCUT2D eigenvalue weighted by atomic mass is 9.87. The van der Waals surface area contributed by atoms with Crippen LogP contribution >= 0.6 is 0 Å². The van der Waals surface area contributed by atoms with Gasteiger partial charge in [0.25, 0.3) is 0 Å². The molecule has 0 saturated carbocycles. The van der Waals surface area contributed by atoms with Crippen LogP contribution in [-0.4, -0.2) is 356 Å². The minimum absolute atomic E-state index is 0. The van der Waals surface area contributed by atoms with Gasteiger partial charge in [-0.1, -0.05) is 19.6 Å². The molecule has 0 spiro atoms. The van der Waals surface area contributed by atoms with Crippen molar-refractivity contribution >= 4 is 47.9 Å². The highest BCUT2D eigenvalue weighted by atomic mass is 16.6. The molecule has 0 aromatic carbocycles. The number of nitrogens with one attached hydrogen (secondary N) is 2. The number of nitrogens with two attached hydrogens (primary N) is 4. The maximum Gasteiger partial charge on any atom is 0.410 e. The minimum Gasteiger partial charge on any atom is -0.479 e. The molecule has 2 aliphatic heterocycles. The van der Waals surface area contributed by atoms with Crippen LogP contribution in [-0.2, 0) is 98.6 Å². The average molecular weight is 1440 g/mol. The quantitative estimate of drug-likeness (QED) is 0.0165. The number of aliphatic imine (C=N–C) groups is 2. The summed E-state index contributed by atoms with van der Waals surface area (Å²) in [5.41, 5.74) is 23.0. The Morgan fingerprint density at radius 3 is 1.49 bits per heavy atom. The van der Waals surface area contributed by atoms with E-state index < -0.39 is 121 Å². The van der Waals surface area contributed by atoms with E-state index in [-0.39, 0.29) is 65.4 Å². The third-order valence-corrected chi connectivity index (χ3v) is 14.5. The molecule has 0 bridgehead atoms. The number of aliphatic carboxylic acids is 2. The second kappa shape index (κ2) is 51.7. The lowest BCUT2D eigenvalue weighted by molar-refractivity contribution is -0.148. The number of likely N-dealkylation sites (N-methyl/N-ethyl adjacent to an activating group) is 2. The first kappa shape index (κ1) is 88.7. The fourth-order valence-electron chi connectivity index (χ4n) is 9.22. The Bertz CT molecular complexity index is 2620. The van der Waals surface area contributed by atoms with Crippen molar-refractivity contribution in [3.63, 3.8) is 0 Å². The molecule has 1 aromatic rings. The maximum atomic E-state index is 13.5.